The van der Waals surface area contributed by atoms with Crippen LogP contribution in [0.5, 0.6) is 0 Å². The lowest BCUT2D eigenvalue weighted by Gasteiger charge is -2.14. The van der Waals surface area contributed by atoms with Gasteiger partial charge < -0.3 is 9.84 Å². The predicted molar refractivity (Wildman–Crippen MR) is 56.1 cm³/mol. The Morgan fingerprint density at radius 1 is 1.36 bits per heavy atom. The van der Waals surface area contributed by atoms with Crippen LogP contribution in [-0.4, -0.2) is 23.9 Å². The largest absolute Gasteiger partial charge is 0.389 e. The van der Waals surface area contributed by atoms with Crippen molar-refractivity contribution >= 4 is 0 Å². The molecule has 0 saturated heterocycles. The first kappa shape index (κ1) is 10.4. The van der Waals surface area contributed by atoms with Gasteiger partial charge in [0.25, 0.3) is 0 Å². The van der Waals surface area contributed by atoms with Crippen molar-refractivity contribution in [3.05, 3.63) is 0 Å². The fourth-order valence-electron chi connectivity index (χ4n) is 3.14. The molecule has 0 radical (unpaired) electrons. The van der Waals surface area contributed by atoms with Crippen LogP contribution in [0.25, 0.3) is 0 Å². The van der Waals surface area contributed by atoms with Crippen LogP contribution in [0.3, 0.4) is 0 Å². The van der Waals surface area contributed by atoms with Gasteiger partial charge in [0.05, 0.1) is 11.7 Å². The molecule has 2 fully saturated rings. The van der Waals surface area contributed by atoms with E-state index in [0.717, 1.165) is 12.8 Å². The van der Waals surface area contributed by atoms with Gasteiger partial charge in [-0.3, -0.25) is 0 Å². The molecule has 0 spiro atoms. The minimum absolute atomic E-state index is 0.293. The summed E-state index contributed by atoms with van der Waals surface area (Å²) in [6.07, 6.45) is 7.39. The Balaban J connectivity index is 1.80. The Bertz CT molecular complexity index is 190. The molecule has 2 heteroatoms. The lowest BCUT2D eigenvalue weighted by atomic mass is 10.0. The molecule has 0 aliphatic heterocycles. The molecule has 0 bridgehead atoms. The zero-order valence-electron chi connectivity index (χ0n) is 9.33. The zero-order chi connectivity index (χ0) is 10.2. The summed E-state index contributed by atoms with van der Waals surface area (Å²) in [6.45, 7) is 2.08. The molecule has 14 heavy (non-hydrogen) atoms. The minimum atomic E-state index is -0.302. The molecule has 82 valence electrons. The van der Waals surface area contributed by atoms with E-state index in [1.165, 1.54) is 25.7 Å². The van der Waals surface area contributed by atoms with Crippen LogP contribution in [0.1, 0.15) is 45.4 Å². The highest BCUT2D eigenvalue weighted by molar-refractivity contribution is 5.12. The van der Waals surface area contributed by atoms with Gasteiger partial charge in [-0.25, -0.2) is 0 Å². The Morgan fingerprint density at radius 2 is 1.93 bits per heavy atom. The van der Waals surface area contributed by atoms with Crippen molar-refractivity contribution < 1.29 is 9.84 Å². The highest BCUT2D eigenvalue weighted by Gasteiger charge is 2.62. The molecular weight excluding hydrogens is 176 g/mol. The lowest BCUT2D eigenvalue weighted by molar-refractivity contribution is 0.0628. The first-order valence-corrected chi connectivity index (χ1v) is 5.93. The van der Waals surface area contributed by atoms with Gasteiger partial charge in [-0.1, -0.05) is 12.8 Å². The van der Waals surface area contributed by atoms with Crippen molar-refractivity contribution in [2.45, 2.75) is 57.2 Å². The number of hydrogen-bond donors (Lipinski definition) is 1. The molecule has 3 unspecified atom stereocenters. The highest BCUT2D eigenvalue weighted by Crippen LogP contribution is 2.60. The SMILES string of the molecule is COC(C)CCC1(O)C2CCCCC21. The van der Waals surface area contributed by atoms with Gasteiger partial charge >= 0.3 is 0 Å². The molecule has 0 aromatic heterocycles. The van der Waals surface area contributed by atoms with Crippen LogP contribution in [0, 0.1) is 11.8 Å². The summed E-state index contributed by atoms with van der Waals surface area (Å²) < 4.78 is 5.22. The van der Waals surface area contributed by atoms with Crippen LogP contribution in [0.2, 0.25) is 0 Å². The number of methoxy groups -OCH3 is 1. The quantitative estimate of drug-likeness (QED) is 0.751. The van der Waals surface area contributed by atoms with Gasteiger partial charge in [0.1, 0.15) is 0 Å². The Labute approximate surface area is 86.6 Å². The van der Waals surface area contributed by atoms with E-state index in [1.54, 1.807) is 7.11 Å². The second-order valence-electron chi connectivity index (χ2n) is 5.07. The van der Waals surface area contributed by atoms with E-state index in [-0.39, 0.29) is 5.60 Å². The van der Waals surface area contributed by atoms with E-state index in [1.807, 2.05) is 0 Å². The molecule has 0 heterocycles. The number of rotatable bonds is 4. The summed E-state index contributed by atoms with van der Waals surface area (Å²) in [5.74, 6) is 1.25. The maximum Gasteiger partial charge on any atom is 0.0712 e. The molecule has 1 N–H and O–H groups in total. The van der Waals surface area contributed by atoms with Gasteiger partial charge in [-0.2, -0.15) is 0 Å². The second-order valence-corrected chi connectivity index (χ2v) is 5.07. The van der Waals surface area contributed by atoms with Crippen molar-refractivity contribution in [3.63, 3.8) is 0 Å². The Morgan fingerprint density at radius 3 is 2.43 bits per heavy atom. The van der Waals surface area contributed by atoms with Gasteiger partial charge in [0, 0.05) is 7.11 Å². The number of ether oxygens (including phenoxy) is 1. The van der Waals surface area contributed by atoms with Gasteiger partial charge in [-0.15, -0.1) is 0 Å². The third-order valence-electron chi connectivity index (χ3n) is 4.29. The van der Waals surface area contributed by atoms with Crippen molar-refractivity contribution in [1.29, 1.82) is 0 Å². The maximum absolute atomic E-state index is 10.4. The number of hydrogen-bond acceptors (Lipinski definition) is 2. The van der Waals surface area contributed by atoms with E-state index >= 15 is 0 Å². The van der Waals surface area contributed by atoms with Gasteiger partial charge in [0.15, 0.2) is 0 Å². The lowest BCUT2D eigenvalue weighted by Crippen LogP contribution is -2.16. The van der Waals surface area contributed by atoms with Gasteiger partial charge in [-0.05, 0) is 44.4 Å². The first-order valence-electron chi connectivity index (χ1n) is 5.93. The molecule has 2 aliphatic rings. The van der Waals surface area contributed by atoms with Gasteiger partial charge in [0.2, 0.25) is 0 Å². The summed E-state index contributed by atoms with van der Waals surface area (Å²) in [5.41, 5.74) is -0.302. The van der Waals surface area contributed by atoms with Crippen molar-refractivity contribution in [3.8, 4) is 0 Å². The molecule has 2 rings (SSSR count). The Hall–Kier alpha value is -0.0800. The molecule has 3 atom stereocenters. The normalized spacial score (nSPS) is 43.1. The molecular formula is C12H22O2. The monoisotopic (exact) mass is 198 g/mol. The van der Waals surface area contributed by atoms with Crippen molar-refractivity contribution in [1.82, 2.24) is 0 Å². The van der Waals surface area contributed by atoms with E-state index in [4.69, 9.17) is 4.74 Å². The molecule has 2 saturated carbocycles. The smallest absolute Gasteiger partial charge is 0.0712 e. The summed E-state index contributed by atoms with van der Waals surface area (Å²) in [4.78, 5) is 0. The molecule has 0 aromatic carbocycles. The topological polar surface area (TPSA) is 29.5 Å². The summed E-state index contributed by atoms with van der Waals surface area (Å²) in [5, 5.41) is 10.4. The standard InChI is InChI=1S/C12H22O2/c1-9(14-2)7-8-12(13)10-5-3-4-6-11(10)12/h9-11,13H,3-8H2,1-2H3. The molecule has 2 nitrogen and oxygen atoms in total. The molecule has 0 aromatic rings. The third kappa shape index (κ3) is 1.70. The summed E-state index contributed by atoms with van der Waals surface area (Å²) in [7, 11) is 1.74. The average molecular weight is 198 g/mol. The van der Waals surface area contributed by atoms with E-state index in [2.05, 4.69) is 6.92 Å². The van der Waals surface area contributed by atoms with Crippen LogP contribution in [0.15, 0.2) is 0 Å². The Kier molecular flexibility index (Phi) is 2.85. The summed E-state index contributed by atoms with van der Waals surface area (Å²) >= 11 is 0. The minimum Gasteiger partial charge on any atom is -0.389 e. The van der Waals surface area contributed by atoms with Crippen LogP contribution >= 0.6 is 0 Å². The number of aliphatic hydroxyl groups is 1. The van der Waals surface area contributed by atoms with E-state index in [0.29, 0.717) is 17.9 Å². The predicted octanol–water partition coefficient (Wildman–Crippen LogP) is 2.35. The van der Waals surface area contributed by atoms with Crippen molar-refractivity contribution in [2.24, 2.45) is 11.8 Å². The number of fused-ring (bicyclic) bond motifs is 1. The first-order chi connectivity index (χ1) is 6.68. The zero-order valence-corrected chi connectivity index (χ0v) is 9.33. The van der Waals surface area contributed by atoms with Crippen LogP contribution in [-0.2, 0) is 4.74 Å². The van der Waals surface area contributed by atoms with Crippen LogP contribution < -0.4 is 0 Å². The fraction of sp³-hybridized carbons (Fsp3) is 1.00. The van der Waals surface area contributed by atoms with Crippen LogP contribution in [0.4, 0.5) is 0 Å². The highest BCUT2D eigenvalue weighted by atomic mass is 16.5. The second kappa shape index (κ2) is 3.82. The maximum atomic E-state index is 10.4. The van der Waals surface area contributed by atoms with E-state index < -0.39 is 0 Å². The average Bonchev–Trinajstić information content (AvgIpc) is 2.83. The molecule has 2 aliphatic carbocycles. The van der Waals surface area contributed by atoms with Crippen molar-refractivity contribution in [2.75, 3.05) is 7.11 Å². The third-order valence-corrected chi connectivity index (χ3v) is 4.29. The fourth-order valence-corrected chi connectivity index (χ4v) is 3.14. The molecule has 0 amide bonds. The summed E-state index contributed by atoms with van der Waals surface area (Å²) in [6, 6.07) is 0. The van der Waals surface area contributed by atoms with E-state index in [9.17, 15) is 5.11 Å².